The molecule has 2 atom stereocenters. The maximum absolute atomic E-state index is 16.4. The van der Waals surface area contributed by atoms with E-state index in [1.54, 1.807) is 59.7 Å². The molecule has 0 saturated heterocycles. The lowest BCUT2D eigenvalue weighted by molar-refractivity contribution is -0.122. The Morgan fingerprint density at radius 3 is 2.07 bits per heavy atom. The standard InChI is InChI=1S/C41H51F2N5O8S/c1-22(2)57(53,54)35-27(16-28(44)18-32(35)43)20-46-37(50)34(26-11-12-30(23(3)15-26)24(4)21-49)47-29-17-25-13-14-45-36(33(25)31(42)19-29)48(38(51)55-40(5,6)7)39(52)56-41(8,9)10/h11-19,22,24,34,47,49H,20-21,44H2,1-10H3,(H,46,50). The molecule has 0 radical (unpaired) electrons. The van der Waals surface area contributed by atoms with E-state index < -0.39 is 73.5 Å². The summed E-state index contributed by atoms with van der Waals surface area (Å²) >= 11 is 0. The molecule has 16 heteroatoms. The summed E-state index contributed by atoms with van der Waals surface area (Å²) in [5.41, 5.74) is 5.80. The van der Waals surface area contributed by atoms with Crippen LogP contribution in [0, 0.1) is 18.6 Å². The van der Waals surface area contributed by atoms with Gasteiger partial charge in [0.1, 0.15) is 33.8 Å². The number of benzene rings is 3. The van der Waals surface area contributed by atoms with E-state index in [-0.39, 0.29) is 46.1 Å². The van der Waals surface area contributed by atoms with Gasteiger partial charge < -0.3 is 30.9 Å². The molecule has 0 aliphatic rings. The Morgan fingerprint density at radius 1 is 0.912 bits per heavy atom. The minimum atomic E-state index is -4.14. The number of halogens is 2. The van der Waals surface area contributed by atoms with Gasteiger partial charge in [0.25, 0.3) is 0 Å². The normalized spacial score (nSPS) is 13.2. The first-order chi connectivity index (χ1) is 26.3. The molecule has 4 aromatic rings. The maximum atomic E-state index is 16.4. The van der Waals surface area contributed by atoms with Gasteiger partial charge in [-0.25, -0.2) is 31.8 Å². The maximum Gasteiger partial charge on any atom is 0.425 e. The van der Waals surface area contributed by atoms with Crippen LogP contribution in [0.25, 0.3) is 10.8 Å². The van der Waals surface area contributed by atoms with Crippen LogP contribution in [-0.2, 0) is 30.7 Å². The van der Waals surface area contributed by atoms with Crippen LogP contribution in [0.15, 0.2) is 59.6 Å². The second-order valence-corrected chi connectivity index (χ2v) is 18.5. The molecule has 0 bridgehead atoms. The molecule has 3 amide bonds. The minimum Gasteiger partial charge on any atom is -0.443 e. The Balaban J connectivity index is 1.82. The van der Waals surface area contributed by atoms with Crippen LogP contribution in [0.3, 0.4) is 0 Å². The Kier molecular flexibility index (Phi) is 13.2. The van der Waals surface area contributed by atoms with Crippen molar-refractivity contribution in [1.82, 2.24) is 10.3 Å². The number of carbonyl (C=O) groups is 3. The predicted molar refractivity (Wildman–Crippen MR) is 215 cm³/mol. The zero-order chi connectivity index (χ0) is 42.8. The van der Waals surface area contributed by atoms with E-state index in [9.17, 15) is 27.9 Å². The van der Waals surface area contributed by atoms with E-state index in [1.165, 1.54) is 38.2 Å². The number of nitrogens with two attached hydrogens (primary N) is 1. The molecule has 308 valence electrons. The molecule has 0 fully saturated rings. The van der Waals surface area contributed by atoms with Crippen molar-refractivity contribution in [2.45, 2.75) is 109 Å². The number of rotatable bonds is 11. The van der Waals surface area contributed by atoms with Crippen molar-refractivity contribution < 1.29 is 46.2 Å². The molecular weight excluding hydrogens is 761 g/mol. The number of nitrogens with one attached hydrogen (secondary N) is 2. The summed E-state index contributed by atoms with van der Waals surface area (Å²) in [5, 5.41) is 14.5. The number of hydrogen-bond acceptors (Lipinski definition) is 11. The van der Waals surface area contributed by atoms with Gasteiger partial charge in [-0.3, -0.25) is 4.79 Å². The third kappa shape index (κ3) is 10.5. The first kappa shape index (κ1) is 44.4. The summed E-state index contributed by atoms with van der Waals surface area (Å²) in [6.45, 7) is 15.5. The summed E-state index contributed by atoms with van der Waals surface area (Å²) in [4.78, 5) is 45.1. The van der Waals surface area contributed by atoms with Crippen LogP contribution in [0.5, 0.6) is 0 Å². The average Bonchev–Trinajstić information content (AvgIpc) is 3.07. The van der Waals surface area contributed by atoms with E-state index in [0.717, 1.165) is 23.3 Å². The van der Waals surface area contributed by atoms with Crippen LogP contribution in [0.4, 0.5) is 35.6 Å². The van der Waals surface area contributed by atoms with Gasteiger partial charge in [-0.05, 0) is 120 Å². The number of nitrogen functional groups attached to an aromatic ring is 1. The minimum absolute atomic E-state index is 0.0456. The summed E-state index contributed by atoms with van der Waals surface area (Å²) < 4.78 is 68.8. The van der Waals surface area contributed by atoms with Crippen molar-refractivity contribution in [3.63, 3.8) is 0 Å². The molecule has 4 rings (SSSR count). The number of pyridine rings is 1. The first-order valence-corrected chi connectivity index (χ1v) is 19.8. The van der Waals surface area contributed by atoms with Gasteiger partial charge in [-0.2, -0.15) is 4.90 Å². The highest BCUT2D eigenvalue weighted by atomic mass is 32.2. The van der Waals surface area contributed by atoms with Gasteiger partial charge in [-0.15, -0.1) is 0 Å². The molecule has 57 heavy (non-hydrogen) atoms. The number of aliphatic hydroxyl groups excluding tert-OH is 1. The highest BCUT2D eigenvalue weighted by Crippen LogP contribution is 2.34. The Bertz CT molecular complexity index is 2260. The number of aromatic nitrogens is 1. The second kappa shape index (κ2) is 17.0. The molecule has 1 aromatic heterocycles. The lowest BCUT2D eigenvalue weighted by Crippen LogP contribution is -2.44. The van der Waals surface area contributed by atoms with Crippen molar-refractivity contribution >= 4 is 55.9 Å². The molecule has 3 aromatic carbocycles. The Morgan fingerprint density at radius 2 is 1.53 bits per heavy atom. The fourth-order valence-electron chi connectivity index (χ4n) is 6.00. The number of amides is 3. The monoisotopic (exact) mass is 811 g/mol. The predicted octanol–water partition coefficient (Wildman–Crippen LogP) is 7.83. The number of anilines is 3. The van der Waals surface area contributed by atoms with Gasteiger partial charge in [0.15, 0.2) is 15.7 Å². The van der Waals surface area contributed by atoms with Gasteiger partial charge in [-0.1, -0.05) is 25.1 Å². The van der Waals surface area contributed by atoms with Crippen molar-refractivity contribution in [2.75, 3.05) is 22.6 Å². The molecule has 5 N–H and O–H groups in total. The van der Waals surface area contributed by atoms with E-state index in [0.29, 0.717) is 10.5 Å². The highest BCUT2D eigenvalue weighted by molar-refractivity contribution is 7.92. The molecule has 13 nitrogen and oxygen atoms in total. The summed E-state index contributed by atoms with van der Waals surface area (Å²) in [5.74, 6) is -3.26. The van der Waals surface area contributed by atoms with Crippen molar-refractivity contribution in [2.24, 2.45) is 0 Å². The van der Waals surface area contributed by atoms with Crippen LogP contribution in [-0.4, -0.2) is 59.7 Å². The number of imide groups is 1. The van der Waals surface area contributed by atoms with Crippen LogP contribution in [0.2, 0.25) is 0 Å². The SMILES string of the molecule is Cc1cc(C(Nc2cc(F)c3c(N(C(=O)OC(C)(C)C)C(=O)OC(C)(C)C)nccc3c2)C(=O)NCc2cc(N)cc(F)c2S(=O)(=O)C(C)C)ccc1C(C)CO. The lowest BCUT2D eigenvalue weighted by Gasteiger charge is -2.28. The smallest absolute Gasteiger partial charge is 0.425 e. The van der Waals surface area contributed by atoms with Crippen LogP contribution in [0.1, 0.15) is 96.5 Å². The molecule has 2 unspecified atom stereocenters. The Hall–Kier alpha value is -5.35. The number of aryl methyl sites for hydroxylation is 1. The summed E-state index contributed by atoms with van der Waals surface area (Å²) in [6.07, 6.45) is -1.02. The van der Waals surface area contributed by atoms with Gasteiger partial charge in [0.2, 0.25) is 5.91 Å². The average molecular weight is 812 g/mol. The highest BCUT2D eigenvalue weighted by Gasteiger charge is 2.36. The molecule has 1 heterocycles. The molecule has 0 saturated carbocycles. The number of aliphatic hydroxyl groups is 1. The van der Waals surface area contributed by atoms with Crippen molar-refractivity contribution in [3.05, 3.63) is 88.6 Å². The molecular formula is C41H51F2N5O8S. The number of ether oxygens (including phenoxy) is 2. The van der Waals surface area contributed by atoms with Gasteiger partial charge in [0.05, 0.1) is 10.6 Å². The van der Waals surface area contributed by atoms with E-state index >= 15 is 8.78 Å². The number of sulfone groups is 1. The molecule has 0 spiro atoms. The van der Waals surface area contributed by atoms with Gasteiger partial charge in [0, 0.05) is 36.6 Å². The zero-order valence-corrected chi connectivity index (χ0v) is 34.6. The third-order valence-corrected chi connectivity index (χ3v) is 10.9. The third-order valence-electron chi connectivity index (χ3n) is 8.67. The number of hydrogen-bond donors (Lipinski definition) is 4. The second-order valence-electron chi connectivity index (χ2n) is 16.1. The number of nitrogens with zero attached hydrogens (tertiary/aromatic N) is 2. The zero-order valence-electron chi connectivity index (χ0n) is 33.8. The fourth-order valence-corrected chi connectivity index (χ4v) is 7.30. The van der Waals surface area contributed by atoms with E-state index in [4.69, 9.17) is 15.2 Å². The van der Waals surface area contributed by atoms with Crippen LogP contribution < -0.4 is 21.3 Å². The Labute approximate surface area is 331 Å². The first-order valence-electron chi connectivity index (χ1n) is 18.3. The topological polar surface area (TPSA) is 190 Å². The van der Waals surface area contributed by atoms with Crippen molar-refractivity contribution in [1.29, 1.82) is 0 Å². The van der Waals surface area contributed by atoms with Crippen molar-refractivity contribution in [3.8, 4) is 0 Å². The lowest BCUT2D eigenvalue weighted by atomic mass is 9.93. The molecule has 0 aliphatic heterocycles. The number of carbonyl (C=O) groups excluding carboxylic acids is 3. The van der Waals surface area contributed by atoms with Crippen LogP contribution >= 0.6 is 0 Å². The summed E-state index contributed by atoms with van der Waals surface area (Å²) in [6, 6.07) is 10.1. The van der Waals surface area contributed by atoms with Gasteiger partial charge >= 0.3 is 12.2 Å². The quantitative estimate of drug-likeness (QED) is 0.108. The van der Waals surface area contributed by atoms with E-state index in [2.05, 4.69) is 15.6 Å². The fraction of sp³-hybridized carbons (Fsp3) is 0.415. The largest absolute Gasteiger partial charge is 0.443 e. The summed E-state index contributed by atoms with van der Waals surface area (Å²) in [7, 11) is -4.14. The van der Waals surface area contributed by atoms with E-state index in [1.807, 2.05) is 13.8 Å². The molecule has 0 aliphatic carbocycles. The number of fused-ring (bicyclic) bond motifs is 1.